The third-order valence-electron chi connectivity index (χ3n) is 5.51. The molecule has 0 atom stereocenters. The normalized spacial score (nSPS) is 15.5. The molecule has 0 aliphatic carbocycles. The molecule has 1 aliphatic heterocycles. The molecule has 1 aromatic rings. The summed E-state index contributed by atoms with van der Waals surface area (Å²) in [7, 11) is 0. The summed E-state index contributed by atoms with van der Waals surface area (Å²) in [5.41, 5.74) is 2.08. The second kappa shape index (κ2) is 10.5. The summed E-state index contributed by atoms with van der Waals surface area (Å²) < 4.78 is 0. The first-order valence-electron chi connectivity index (χ1n) is 10.4. The van der Waals surface area contributed by atoms with Crippen LogP contribution in [0.4, 0.5) is 0 Å². The largest absolute Gasteiger partial charge is 0.343 e. The zero-order valence-electron chi connectivity index (χ0n) is 16.8. The van der Waals surface area contributed by atoms with Crippen molar-refractivity contribution in [2.75, 3.05) is 13.1 Å². The van der Waals surface area contributed by atoms with Crippen molar-refractivity contribution in [3.8, 4) is 0 Å². The van der Waals surface area contributed by atoms with Gasteiger partial charge in [0.15, 0.2) is 5.78 Å². The van der Waals surface area contributed by atoms with Crippen molar-refractivity contribution >= 4 is 11.7 Å². The third kappa shape index (κ3) is 5.96. The van der Waals surface area contributed by atoms with Crippen molar-refractivity contribution in [2.45, 2.75) is 78.1 Å². The molecule has 0 spiro atoms. The van der Waals surface area contributed by atoms with Gasteiger partial charge in [-0.05, 0) is 36.8 Å². The summed E-state index contributed by atoms with van der Waals surface area (Å²) >= 11 is 0. The third-order valence-corrected chi connectivity index (χ3v) is 5.51. The molecule has 0 radical (unpaired) electrons. The number of nitrogens with zero attached hydrogens (tertiary/aromatic N) is 1. The van der Waals surface area contributed by atoms with E-state index in [1.165, 1.54) is 31.2 Å². The number of ketones is 1. The Labute approximate surface area is 159 Å². The van der Waals surface area contributed by atoms with Crippen LogP contribution in [-0.4, -0.2) is 29.7 Å². The number of Topliss-reactive ketones (excluding diaryl/α,β-unsaturated/α-hetero) is 1. The van der Waals surface area contributed by atoms with E-state index in [0.717, 1.165) is 37.9 Å². The average molecular weight is 358 g/mol. The SMILES string of the molecule is CCCCCCCC(=O)N1CCC(c2cccc(C(=O)C(C)C)c2)CC1. The van der Waals surface area contributed by atoms with Crippen LogP contribution in [0.3, 0.4) is 0 Å². The average Bonchev–Trinajstić information content (AvgIpc) is 2.67. The van der Waals surface area contributed by atoms with E-state index in [2.05, 4.69) is 19.1 Å². The van der Waals surface area contributed by atoms with E-state index < -0.39 is 0 Å². The van der Waals surface area contributed by atoms with E-state index in [1.807, 2.05) is 30.9 Å². The molecule has 3 heteroatoms. The van der Waals surface area contributed by atoms with E-state index in [4.69, 9.17) is 0 Å². The van der Waals surface area contributed by atoms with E-state index >= 15 is 0 Å². The number of carbonyl (C=O) groups excluding carboxylic acids is 2. The molecule has 0 unspecified atom stereocenters. The van der Waals surface area contributed by atoms with Crippen molar-refractivity contribution in [2.24, 2.45) is 5.92 Å². The van der Waals surface area contributed by atoms with Crippen molar-refractivity contribution in [3.63, 3.8) is 0 Å². The van der Waals surface area contributed by atoms with Crippen LogP contribution in [-0.2, 0) is 4.79 Å². The first-order valence-corrected chi connectivity index (χ1v) is 10.4. The molecule has 144 valence electrons. The Morgan fingerprint density at radius 3 is 2.42 bits per heavy atom. The highest BCUT2D eigenvalue weighted by Gasteiger charge is 2.24. The predicted octanol–water partition coefficient (Wildman–Crippen LogP) is 5.59. The first kappa shape index (κ1) is 20.7. The van der Waals surface area contributed by atoms with Gasteiger partial charge < -0.3 is 4.90 Å². The molecule has 1 heterocycles. The number of carbonyl (C=O) groups is 2. The second-order valence-corrected chi connectivity index (χ2v) is 7.96. The van der Waals surface area contributed by atoms with Crippen molar-refractivity contribution in [1.29, 1.82) is 0 Å². The standard InChI is InChI=1S/C23H35NO2/c1-4-5-6-7-8-12-22(25)24-15-13-19(14-16-24)20-10-9-11-21(17-20)23(26)18(2)3/h9-11,17-19H,4-8,12-16H2,1-3H3. The molecule has 2 rings (SSSR count). The molecule has 0 N–H and O–H groups in total. The fraction of sp³-hybridized carbons (Fsp3) is 0.652. The van der Waals surface area contributed by atoms with Crippen molar-refractivity contribution < 1.29 is 9.59 Å². The lowest BCUT2D eigenvalue weighted by atomic mass is 9.87. The number of likely N-dealkylation sites (tertiary alicyclic amines) is 1. The molecular weight excluding hydrogens is 322 g/mol. The van der Waals surface area contributed by atoms with Gasteiger partial charge in [-0.3, -0.25) is 9.59 Å². The zero-order chi connectivity index (χ0) is 18.9. The molecule has 26 heavy (non-hydrogen) atoms. The number of amides is 1. The molecule has 1 aromatic carbocycles. The summed E-state index contributed by atoms with van der Waals surface area (Å²) in [5.74, 6) is 1.02. The summed E-state index contributed by atoms with van der Waals surface area (Å²) in [6.45, 7) is 7.80. The maximum Gasteiger partial charge on any atom is 0.222 e. The van der Waals surface area contributed by atoms with Crippen LogP contribution >= 0.6 is 0 Å². The van der Waals surface area contributed by atoms with Gasteiger partial charge in [0, 0.05) is 31.0 Å². The highest BCUT2D eigenvalue weighted by Crippen LogP contribution is 2.29. The molecular formula is C23H35NO2. The van der Waals surface area contributed by atoms with Gasteiger partial charge in [-0.1, -0.05) is 64.7 Å². The maximum absolute atomic E-state index is 12.4. The summed E-state index contributed by atoms with van der Waals surface area (Å²) in [6.07, 6.45) is 8.67. The minimum atomic E-state index is 0.0297. The minimum Gasteiger partial charge on any atom is -0.343 e. The van der Waals surface area contributed by atoms with Crippen LogP contribution in [0.1, 0.15) is 94.0 Å². The van der Waals surface area contributed by atoms with Crippen LogP contribution in [0.2, 0.25) is 0 Å². The van der Waals surface area contributed by atoms with Gasteiger partial charge in [0.1, 0.15) is 0 Å². The quantitative estimate of drug-likeness (QED) is 0.426. The van der Waals surface area contributed by atoms with Crippen LogP contribution in [0.25, 0.3) is 0 Å². The van der Waals surface area contributed by atoms with Crippen LogP contribution in [0.15, 0.2) is 24.3 Å². The van der Waals surface area contributed by atoms with E-state index in [-0.39, 0.29) is 11.7 Å². The Morgan fingerprint density at radius 1 is 1.08 bits per heavy atom. The summed E-state index contributed by atoms with van der Waals surface area (Å²) in [5, 5.41) is 0. The number of piperidine rings is 1. The van der Waals surface area contributed by atoms with Gasteiger partial charge in [0.25, 0.3) is 0 Å². The molecule has 1 saturated heterocycles. The highest BCUT2D eigenvalue weighted by molar-refractivity contribution is 5.97. The number of rotatable bonds is 9. The number of hydrogen-bond donors (Lipinski definition) is 0. The van der Waals surface area contributed by atoms with Gasteiger partial charge in [-0.2, -0.15) is 0 Å². The van der Waals surface area contributed by atoms with E-state index in [1.54, 1.807) is 0 Å². The van der Waals surface area contributed by atoms with Gasteiger partial charge in [0.2, 0.25) is 5.91 Å². The number of hydrogen-bond acceptors (Lipinski definition) is 2. The monoisotopic (exact) mass is 357 g/mol. The fourth-order valence-electron chi connectivity index (χ4n) is 3.78. The molecule has 3 nitrogen and oxygen atoms in total. The van der Waals surface area contributed by atoms with Crippen LogP contribution < -0.4 is 0 Å². The van der Waals surface area contributed by atoms with Gasteiger partial charge in [0.05, 0.1) is 0 Å². The predicted molar refractivity (Wildman–Crippen MR) is 108 cm³/mol. The van der Waals surface area contributed by atoms with E-state index in [0.29, 0.717) is 18.2 Å². The van der Waals surface area contributed by atoms with Crippen molar-refractivity contribution in [3.05, 3.63) is 35.4 Å². The van der Waals surface area contributed by atoms with Crippen LogP contribution in [0, 0.1) is 5.92 Å². The van der Waals surface area contributed by atoms with Crippen molar-refractivity contribution in [1.82, 2.24) is 4.90 Å². The Balaban J connectivity index is 1.82. The van der Waals surface area contributed by atoms with Crippen LogP contribution in [0.5, 0.6) is 0 Å². The Bertz CT molecular complexity index is 586. The summed E-state index contributed by atoms with van der Waals surface area (Å²) in [6, 6.07) is 8.12. The zero-order valence-corrected chi connectivity index (χ0v) is 16.8. The Morgan fingerprint density at radius 2 is 1.77 bits per heavy atom. The minimum absolute atomic E-state index is 0.0297. The van der Waals surface area contributed by atoms with E-state index in [9.17, 15) is 9.59 Å². The fourth-order valence-corrected chi connectivity index (χ4v) is 3.78. The first-order chi connectivity index (χ1) is 12.5. The Hall–Kier alpha value is -1.64. The molecule has 1 fully saturated rings. The smallest absolute Gasteiger partial charge is 0.222 e. The van der Waals surface area contributed by atoms with Gasteiger partial charge in [-0.25, -0.2) is 0 Å². The molecule has 1 amide bonds. The molecule has 1 aliphatic rings. The molecule has 0 saturated carbocycles. The number of benzene rings is 1. The lowest BCUT2D eigenvalue weighted by molar-refractivity contribution is -0.132. The van der Waals surface area contributed by atoms with Gasteiger partial charge >= 0.3 is 0 Å². The maximum atomic E-state index is 12.4. The Kier molecular flexibility index (Phi) is 8.34. The molecule has 0 bridgehead atoms. The highest BCUT2D eigenvalue weighted by atomic mass is 16.2. The van der Waals surface area contributed by atoms with Gasteiger partial charge in [-0.15, -0.1) is 0 Å². The lowest BCUT2D eigenvalue weighted by Crippen LogP contribution is -2.37. The molecule has 0 aromatic heterocycles. The second-order valence-electron chi connectivity index (χ2n) is 7.96. The topological polar surface area (TPSA) is 37.4 Å². The summed E-state index contributed by atoms with van der Waals surface area (Å²) in [4.78, 5) is 26.6. The number of unbranched alkanes of at least 4 members (excludes halogenated alkanes) is 4. The lowest BCUT2D eigenvalue weighted by Gasteiger charge is -2.32.